The van der Waals surface area contributed by atoms with Gasteiger partial charge in [-0.25, -0.2) is 0 Å². The molecule has 0 saturated carbocycles. The predicted molar refractivity (Wildman–Crippen MR) is 79.9 cm³/mol. The number of aromatic nitrogens is 1. The van der Waals surface area contributed by atoms with Gasteiger partial charge < -0.3 is 10.1 Å². The third-order valence-corrected chi connectivity index (χ3v) is 3.20. The quantitative estimate of drug-likeness (QED) is 0.727. The summed E-state index contributed by atoms with van der Waals surface area (Å²) in [4.78, 5) is 3.46. The number of hydrogen-bond donors (Lipinski definition) is 2. The van der Waals surface area contributed by atoms with Crippen LogP contribution in [0.3, 0.4) is 0 Å². The smallest absolute Gasteiger partial charge is 0.0615 e. The average Bonchev–Trinajstić information content (AvgIpc) is 2.85. The van der Waals surface area contributed by atoms with Crippen LogP contribution in [-0.4, -0.2) is 16.7 Å². The number of aromatic amines is 1. The van der Waals surface area contributed by atoms with Crippen molar-refractivity contribution in [2.45, 2.75) is 0 Å². The van der Waals surface area contributed by atoms with E-state index in [1.54, 1.807) is 6.08 Å². The van der Waals surface area contributed by atoms with Gasteiger partial charge in [0, 0.05) is 16.5 Å². The number of hydrogen-bond acceptors (Lipinski definition) is 1. The Labute approximate surface area is 112 Å². The van der Waals surface area contributed by atoms with Crippen molar-refractivity contribution in [1.82, 2.24) is 4.98 Å². The van der Waals surface area contributed by atoms with E-state index >= 15 is 0 Å². The Hall–Kier alpha value is -2.32. The van der Waals surface area contributed by atoms with Crippen LogP contribution in [0.2, 0.25) is 0 Å². The first kappa shape index (κ1) is 11.8. The van der Waals surface area contributed by atoms with E-state index in [4.69, 9.17) is 5.11 Å². The van der Waals surface area contributed by atoms with Crippen LogP contribution in [0, 0.1) is 0 Å². The molecular formula is C17H15NO. The van der Waals surface area contributed by atoms with E-state index < -0.39 is 0 Å². The molecule has 2 N–H and O–H groups in total. The fourth-order valence-electron chi connectivity index (χ4n) is 2.34. The van der Waals surface area contributed by atoms with E-state index in [0.717, 1.165) is 22.3 Å². The Morgan fingerprint density at radius 1 is 0.947 bits per heavy atom. The molecule has 0 radical (unpaired) electrons. The Balaban J connectivity index is 2.26. The van der Waals surface area contributed by atoms with Crippen LogP contribution in [0.1, 0.15) is 5.56 Å². The number of para-hydroxylation sites is 1. The van der Waals surface area contributed by atoms with Gasteiger partial charge in [0.05, 0.1) is 12.3 Å². The van der Waals surface area contributed by atoms with Crippen molar-refractivity contribution < 1.29 is 5.11 Å². The molecule has 0 aliphatic rings. The van der Waals surface area contributed by atoms with Gasteiger partial charge in [-0.15, -0.1) is 0 Å². The van der Waals surface area contributed by atoms with E-state index in [0.29, 0.717) is 0 Å². The first-order chi connectivity index (χ1) is 9.40. The van der Waals surface area contributed by atoms with Crippen LogP contribution in [0.15, 0.2) is 60.7 Å². The van der Waals surface area contributed by atoms with Crippen LogP contribution in [0.25, 0.3) is 28.2 Å². The topological polar surface area (TPSA) is 36.0 Å². The van der Waals surface area contributed by atoms with Crippen molar-refractivity contribution in [2.75, 3.05) is 6.61 Å². The molecule has 0 aliphatic carbocycles. The van der Waals surface area contributed by atoms with Crippen molar-refractivity contribution in [1.29, 1.82) is 0 Å². The Morgan fingerprint density at radius 2 is 1.68 bits per heavy atom. The number of aliphatic hydroxyl groups excluding tert-OH is 1. The van der Waals surface area contributed by atoms with Gasteiger partial charge in [-0.3, -0.25) is 0 Å². The van der Waals surface area contributed by atoms with Crippen LogP contribution in [-0.2, 0) is 0 Å². The van der Waals surface area contributed by atoms with Crippen molar-refractivity contribution in [2.24, 2.45) is 0 Å². The molecular weight excluding hydrogens is 234 g/mol. The molecule has 3 aromatic rings. The van der Waals surface area contributed by atoms with Gasteiger partial charge in [-0.1, -0.05) is 60.7 Å². The minimum absolute atomic E-state index is 0.0493. The fourth-order valence-corrected chi connectivity index (χ4v) is 2.34. The molecule has 3 rings (SSSR count). The van der Waals surface area contributed by atoms with E-state index in [1.165, 1.54) is 5.39 Å². The van der Waals surface area contributed by atoms with Crippen molar-refractivity contribution in [3.8, 4) is 11.3 Å². The second kappa shape index (κ2) is 5.12. The van der Waals surface area contributed by atoms with E-state index in [2.05, 4.69) is 29.2 Å². The summed E-state index contributed by atoms with van der Waals surface area (Å²) in [7, 11) is 0. The average molecular weight is 249 g/mol. The molecule has 0 bridgehead atoms. The molecule has 0 spiro atoms. The maximum absolute atomic E-state index is 9.00. The summed E-state index contributed by atoms with van der Waals surface area (Å²) >= 11 is 0. The molecule has 0 fully saturated rings. The SMILES string of the molecule is OCC=Cc1c(-c2ccccc2)[nH]c2ccccc12. The van der Waals surface area contributed by atoms with Gasteiger partial charge in [0.1, 0.15) is 0 Å². The predicted octanol–water partition coefficient (Wildman–Crippen LogP) is 3.84. The van der Waals surface area contributed by atoms with Crippen LogP contribution in [0.5, 0.6) is 0 Å². The van der Waals surface area contributed by atoms with Crippen molar-refractivity contribution in [3.63, 3.8) is 0 Å². The summed E-state index contributed by atoms with van der Waals surface area (Å²) in [6.45, 7) is 0.0493. The lowest BCUT2D eigenvalue weighted by Crippen LogP contribution is -1.80. The molecule has 2 heteroatoms. The summed E-state index contributed by atoms with van der Waals surface area (Å²) in [5, 5.41) is 10.2. The van der Waals surface area contributed by atoms with Crippen LogP contribution >= 0.6 is 0 Å². The van der Waals surface area contributed by atoms with Crippen molar-refractivity contribution >= 4 is 17.0 Å². The highest BCUT2D eigenvalue weighted by Gasteiger charge is 2.09. The van der Waals surface area contributed by atoms with E-state index in [1.807, 2.05) is 36.4 Å². The summed E-state index contributed by atoms with van der Waals surface area (Å²) in [5.41, 5.74) is 4.47. The highest BCUT2D eigenvalue weighted by atomic mass is 16.2. The van der Waals surface area contributed by atoms with E-state index in [-0.39, 0.29) is 6.61 Å². The summed E-state index contributed by atoms with van der Waals surface area (Å²) in [6.07, 6.45) is 3.74. The molecule has 2 aromatic carbocycles. The first-order valence-corrected chi connectivity index (χ1v) is 6.33. The lowest BCUT2D eigenvalue weighted by atomic mass is 10.0. The Kier molecular flexibility index (Phi) is 3.17. The molecule has 0 unspecified atom stereocenters. The zero-order chi connectivity index (χ0) is 13.1. The highest BCUT2D eigenvalue weighted by Crippen LogP contribution is 2.31. The monoisotopic (exact) mass is 249 g/mol. The van der Waals surface area contributed by atoms with Gasteiger partial charge in [0.25, 0.3) is 0 Å². The molecule has 2 nitrogen and oxygen atoms in total. The molecule has 0 aliphatic heterocycles. The van der Waals surface area contributed by atoms with Gasteiger partial charge in [-0.05, 0) is 11.6 Å². The second-order valence-corrected chi connectivity index (χ2v) is 4.41. The fraction of sp³-hybridized carbons (Fsp3) is 0.0588. The Bertz CT molecular complexity index is 710. The third-order valence-electron chi connectivity index (χ3n) is 3.20. The number of aliphatic hydroxyl groups is 1. The normalized spacial score (nSPS) is 11.4. The number of benzene rings is 2. The maximum atomic E-state index is 9.00. The summed E-state index contributed by atoms with van der Waals surface area (Å²) in [6, 6.07) is 18.4. The molecule has 0 amide bonds. The minimum Gasteiger partial charge on any atom is -0.392 e. The maximum Gasteiger partial charge on any atom is 0.0615 e. The van der Waals surface area contributed by atoms with Crippen LogP contribution < -0.4 is 0 Å². The number of fused-ring (bicyclic) bond motifs is 1. The molecule has 0 atom stereocenters. The van der Waals surface area contributed by atoms with E-state index in [9.17, 15) is 0 Å². The Morgan fingerprint density at radius 3 is 2.47 bits per heavy atom. The molecule has 94 valence electrons. The van der Waals surface area contributed by atoms with Crippen LogP contribution in [0.4, 0.5) is 0 Å². The van der Waals surface area contributed by atoms with Crippen molar-refractivity contribution in [3.05, 3.63) is 66.2 Å². The number of nitrogens with one attached hydrogen (secondary N) is 1. The third kappa shape index (κ3) is 2.18. The first-order valence-electron chi connectivity index (χ1n) is 6.33. The lowest BCUT2D eigenvalue weighted by molar-refractivity contribution is 0.343. The zero-order valence-corrected chi connectivity index (χ0v) is 10.5. The molecule has 1 aromatic heterocycles. The largest absolute Gasteiger partial charge is 0.392 e. The number of H-pyrrole nitrogens is 1. The lowest BCUT2D eigenvalue weighted by Gasteiger charge is -2.00. The second-order valence-electron chi connectivity index (χ2n) is 4.41. The molecule has 1 heterocycles. The standard InChI is InChI=1S/C17H15NO/c19-12-6-10-15-14-9-4-5-11-16(14)18-17(15)13-7-2-1-3-8-13/h1-11,18-19H,12H2. The molecule has 0 saturated heterocycles. The highest BCUT2D eigenvalue weighted by molar-refractivity contribution is 5.96. The molecule has 19 heavy (non-hydrogen) atoms. The number of rotatable bonds is 3. The van der Waals surface area contributed by atoms with Gasteiger partial charge in [0.2, 0.25) is 0 Å². The summed E-state index contributed by atoms with van der Waals surface area (Å²) < 4.78 is 0. The van der Waals surface area contributed by atoms with Gasteiger partial charge in [-0.2, -0.15) is 0 Å². The minimum atomic E-state index is 0.0493. The van der Waals surface area contributed by atoms with Gasteiger partial charge in [0.15, 0.2) is 0 Å². The van der Waals surface area contributed by atoms with Gasteiger partial charge >= 0.3 is 0 Å². The summed E-state index contributed by atoms with van der Waals surface area (Å²) in [5.74, 6) is 0. The zero-order valence-electron chi connectivity index (χ0n) is 10.5.